The van der Waals surface area contributed by atoms with E-state index in [-0.39, 0.29) is 0 Å². The Morgan fingerprint density at radius 3 is 2.42 bits per heavy atom. The van der Waals surface area contributed by atoms with Gasteiger partial charge in [0.1, 0.15) is 0 Å². The lowest BCUT2D eigenvalue weighted by Gasteiger charge is -1.98. The van der Waals surface area contributed by atoms with E-state index in [1.807, 2.05) is 60.9 Å². The van der Waals surface area contributed by atoms with Crippen LogP contribution in [0.1, 0.15) is 11.4 Å². The number of aromatic nitrogens is 4. The number of benzene rings is 1. The second kappa shape index (κ2) is 5.44. The molecule has 0 aliphatic rings. The van der Waals surface area contributed by atoms with Crippen LogP contribution in [-0.2, 0) is 12.8 Å². The summed E-state index contributed by atoms with van der Waals surface area (Å²) in [6.45, 7) is 0. The Hall–Kier alpha value is -2.49. The molecule has 0 spiro atoms. The summed E-state index contributed by atoms with van der Waals surface area (Å²) >= 11 is 0. The predicted octanol–water partition coefficient (Wildman–Crippen LogP) is 2.45. The molecule has 0 unspecified atom stereocenters. The Morgan fingerprint density at radius 2 is 1.63 bits per heavy atom. The molecule has 1 aromatic carbocycles. The Balaban J connectivity index is 1.69. The monoisotopic (exact) mass is 250 g/mol. The van der Waals surface area contributed by atoms with Gasteiger partial charge in [-0.1, -0.05) is 29.5 Å². The third-order valence-electron chi connectivity index (χ3n) is 2.92. The summed E-state index contributed by atoms with van der Waals surface area (Å²) in [5.74, 6) is 0. The van der Waals surface area contributed by atoms with Crippen molar-refractivity contribution >= 4 is 0 Å². The maximum Gasteiger partial charge on any atom is 0.0835 e. The number of hydrogen-bond acceptors (Lipinski definition) is 3. The molecule has 2 aromatic heterocycles. The molecule has 19 heavy (non-hydrogen) atoms. The first-order chi connectivity index (χ1) is 9.42. The highest BCUT2D eigenvalue weighted by molar-refractivity contribution is 5.29. The fraction of sp³-hybridized carbons (Fsp3) is 0.133. The van der Waals surface area contributed by atoms with Crippen LogP contribution in [0.25, 0.3) is 5.69 Å². The normalized spacial score (nSPS) is 10.5. The van der Waals surface area contributed by atoms with Crippen LogP contribution in [0.2, 0.25) is 0 Å². The zero-order valence-corrected chi connectivity index (χ0v) is 10.5. The van der Waals surface area contributed by atoms with Crippen LogP contribution in [-0.4, -0.2) is 20.0 Å². The fourth-order valence-corrected chi connectivity index (χ4v) is 1.92. The topological polar surface area (TPSA) is 43.6 Å². The molecule has 0 aliphatic heterocycles. The molecule has 0 saturated heterocycles. The zero-order chi connectivity index (χ0) is 12.9. The standard InChI is InChI=1S/C15H14N4/c1-2-7-15(8-3-1)19-12-14(17-18-19)10-9-13-6-4-5-11-16-13/h1-8,11-12H,9-10H2. The minimum absolute atomic E-state index is 0.851. The first-order valence-electron chi connectivity index (χ1n) is 6.28. The molecule has 0 atom stereocenters. The number of para-hydroxylation sites is 1. The second-order valence-electron chi connectivity index (χ2n) is 4.31. The molecule has 0 amide bonds. The number of pyridine rings is 1. The van der Waals surface area contributed by atoms with Crippen LogP contribution >= 0.6 is 0 Å². The van der Waals surface area contributed by atoms with Crippen molar-refractivity contribution in [3.8, 4) is 5.69 Å². The molecule has 0 N–H and O–H groups in total. The molecule has 4 heteroatoms. The lowest BCUT2D eigenvalue weighted by atomic mass is 10.2. The van der Waals surface area contributed by atoms with E-state index in [0.717, 1.165) is 29.9 Å². The molecule has 0 aliphatic carbocycles. The number of rotatable bonds is 4. The van der Waals surface area contributed by atoms with Gasteiger partial charge >= 0.3 is 0 Å². The van der Waals surface area contributed by atoms with Gasteiger partial charge in [0.2, 0.25) is 0 Å². The lowest BCUT2D eigenvalue weighted by molar-refractivity contribution is 0.792. The molecular weight excluding hydrogens is 236 g/mol. The minimum atomic E-state index is 0.851. The summed E-state index contributed by atoms with van der Waals surface area (Å²) in [6.07, 6.45) is 5.52. The summed E-state index contributed by atoms with van der Waals surface area (Å²) in [6, 6.07) is 16.0. The maximum atomic E-state index is 4.30. The molecule has 0 bridgehead atoms. The summed E-state index contributed by atoms with van der Waals surface area (Å²) in [4.78, 5) is 4.30. The van der Waals surface area contributed by atoms with Crippen molar-refractivity contribution in [1.82, 2.24) is 20.0 Å². The smallest absolute Gasteiger partial charge is 0.0835 e. The number of hydrogen-bond donors (Lipinski definition) is 0. The minimum Gasteiger partial charge on any atom is -0.261 e. The van der Waals surface area contributed by atoms with Crippen molar-refractivity contribution < 1.29 is 0 Å². The fourth-order valence-electron chi connectivity index (χ4n) is 1.92. The van der Waals surface area contributed by atoms with Gasteiger partial charge in [0.25, 0.3) is 0 Å². The highest BCUT2D eigenvalue weighted by Gasteiger charge is 2.03. The van der Waals surface area contributed by atoms with E-state index in [2.05, 4.69) is 15.3 Å². The summed E-state index contributed by atoms with van der Waals surface area (Å²) in [5, 5.41) is 8.34. The van der Waals surface area contributed by atoms with Crippen molar-refractivity contribution in [3.63, 3.8) is 0 Å². The van der Waals surface area contributed by atoms with E-state index in [9.17, 15) is 0 Å². The molecule has 4 nitrogen and oxygen atoms in total. The lowest BCUT2D eigenvalue weighted by Crippen LogP contribution is -1.94. The predicted molar refractivity (Wildman–Crippen MR) is 73.0 cm³/mol. The van der Waals surface area contributed by atoms with Gasteiger partial charge in [-0.2, -0.15) is 0 Å². The van der Waals surface area contributed by atoms with E-state index in [0.29, 0.717) is 0 Å². The molecule has 0 saturated carbocycles. The Labute approximate surface area is 111 Å². The Bertz CT molecular complexity index is 632. The van der Waals surface area contributed by atoms with Gasteiger partial charge in [-0.3, -0.25) is 4.98 Å². The number of aryl methyl sites for hydroxylation is 2. The van der Waals surface area contributed by atoms with Crippen molar-refractivity contribution in [1.29, 1.82) is 0 Å². The van der Waals surface area contributed by atoms with E-state index >= 15 is 0 Å². The zero-order valence-electron chi connectivity index (χ0n) is 10.5. The molecule has 0 fully saturated rings. The van der Waals surface area contributed by atoms with Gasteiger partial charge in [-0.25, -0.2) is 4.68 Å². The van der Waals surface area contributed by atoms with Crippen LogP contribution in [0, 0.1) is 0 Å². The first-order valence-corrected chi connectivity index (χ1v) is 6.28. The van der Waals surface area contributed by atoms with Crippen LogP contribution < -0.4 is 0 Å². The van der Waals surface area contributed by atoms with Gasteiger partial charge in [0.15, 0.2) is 0 Å². The molecule has 0 radical (unpaired) electrons. The molecular formula is C15H14N4. The van der Waals surface area contributed by atoms with Crippen LogP contribution in [0.4, 0.5) is 0 Å². The highest BCUT2D eigenvalue weighted by atomic mass is 15.4. The maximum absolute atomic E-state index is 4.30. The third-order valence-corrected chi connectivity index (χ3v) is 2.92. The van der Waals surface area contributed by atoms with Gasteiger partial charge in [0, 0.05) is 11.9 Å². The third kappa shape index (κ3) is 2.85. The Morgan fingerprint density at radius 1 is 0.842 bits per heavy atom. The van der Waals surface area contributed by atoms with Crippen LogP contribution in [0.5, 0.6) is 0 Å². The number of nitrogens with zero attached hydrogens (tertiary/aromatic N) is 4. The van der Waals surface area contributed by atoms with Gasteiger partial charge < -0.3 is 0 Å². The molecule has 3 rings (SSSR count). The molecule has 2 heterocycles. The highest BCUT2D eigenvalue weighted by Crippen LogP contribution is 2.07. The molecule has 3 aromatic rings. The van der Waals surface area contributed by atoms with E-state index < -0.39 is 0 Å². The van der Waals surface area contributed by atoms with Crippen LogP contribution in [0.3, 0.4) is 0 Å². The van der Waals surface area contributed by atoms with E-state index in [1.165, 1.54) is 0 Å². The van der Waals surface area contributed by atoms with Crippen molar-refractivity contribution in [2.75, 3.05) is 0 Å². The second-order valence-corrected chi connectivity index (χ2v) is 4.31. The summed E-state index contributed by atoms with van der Waals surface area (Å²) in [5.41, 5.74) is 3.09. The summed E-state index contributed by atoms with van der Waals surface area (Å²) in [7, 11) is 0. The van der Waals surface area contributed by atoms with E-state index in [4.69, 9.17) is 0 Å². The average molecular weight is 250 g/mol. The van der Waals surface area contributed by atoms with Gasteiger partial charge in [-0.15, -0.1) is 5.10 Å². The van der Waals surface area contributed by atoms with Crippen molar-refractivity contribution in [2.45, 2.75) is 12.8 Å². The first kappa shape index (κ1) is 11.6. The van der Waals surface area contributed by atoms with Gasteiger partial charge in [-0.05, 0) is 37.1 Å². The molecule has 94 valence electrons. The van der Waals surface area contributed by atoms with Crippen molar-refractivity contribution in [3.05, 3.63) is 72.3 Å². The largest absolute Gasteiger partial charge is 0.261 e. The van der Waals surface area contributed by atoms with Crippen LogP contribution in [0.15, 0.2) is 60.9 Å². The summed E-state index contributed by atoms with van der Waals surface area (Å²) < 4.78 is 1.80. The van der Waals surface area contributed by atoms with Gasteiger partial charge in [0.05, 0.1) is 17.6 Å². The Kier molecular flexibility index (Phi) is 3.32. The van der Waals surface area contributed by atoms with E-state index in [1.54, 1.807) is 4.68 Å². The SMILES string of the molecule is c1ccc(-n2cc(CCc3ccccn3)nn2)cc1. The average Bonchev–Trinajstić information content (AvgIpc) is 2.96. The quantitative estimate of drug-likeness (QED) is 0.714. The van der Waals surface area contributed by atoms with Crippen molar-refractivity contribution in [2.24, 2.45) is 0 Å².